The fraction of sp³-hybridized carbons (Fsp3) is 0.400. The summed E-state index contributed by atoms with van der Waals surface area (Å²) in [6, 6.07) is 14.7. The van der Waals surface area contributed by atoms with Crippen LogP contribution in [0.1, 0.15) is 74.4 Å². The first-order valence-electron chi connectivity index (χ1n) is 18.4. The van der Waals surface area contributed by atoms with Crippen LogP contribution in [0.5, 0.6) is 11.5 Å². The molecule has 0 spiro atoms. The fourth-order valence-electron chi connectivity index (χ4n) is 7.30. The van der Waals surface area contributed by atoms with Crippen molar-refractivity contribution in [3.05, 3.63) is 114 Å². The highest BCUT2D eigenvalue weighted by molar-refractivity contribution is 7.14. The van der Waals surface area contributed by atoms with Crippen LogP contribution >= 0.6 is 34.5 Å². The molecule has 4 aliphatic rings. The summed E-state index contributed by atoms with van der Waals surface area (Å²) in [6.07, 6.45) is 6.09. The van der Waals surface area contributed by atoms with Gasteiger partial charge in [0.1, 0.15) is 27.1 Å². The van der Waals surface area contributed by atoms with Gasteiger partial charge in [-0.2, -0.15) is 13.5 Å². The molecule has 0 radical (unpaired) electrons. The van der Waals surface area contributed by atoms with E-state index in [9.17, 15) is 28.7 Å². The highest BCUT2D eigenvalue weighted by atomic mass is 35.5. The summed E-state index contributed by atoms with van der Waals surface area (Å²) >= 11 is 14.1. The van der Waals surface area contributed by atoms with Crippen LogP contribution in [0.3, 0.4) is 0 Å². The van der Waals surface area contributed by atoms with Gasteiger partial charge < -0.3 is 29.6 Å². The fourth-order valence-corrected chi connectivity index (χ4v) is 8.90. The molecule has 3 N–H and O–H groups in total. The summed E-state index contributed by atoms with van der Waals surface area (Å²) < 4.78 is 44.1. The lowest BCUT2D eigenvalue weighted by Gasteiger charge is -2.44. The third-order valence-corrected chi connectivity index (χ3v) is 12.1. The minimum atomic E-state index is -3.09. The van der Waals surface area contributed by atoms with E-state index in [-0.39, 0.29) is 52.0 Å². The Balaban J connectivity index is 0.00000177. The van der Waals surface area contributed by atoms with Gasteiger partial charge in [-0.25, -0.2) is 9.59 Å². The standard InChI is InChI=1S/C39H39Cl2F2N3O7S.CH2O2/c40-30-18-46(50)19-31(41)29(30)16-27(25-8-9-32(53-39(42)43)33(14-25)51-21-22-6-7-22)28-15-26(54-36(28)37(47)48)17-44-35(24-4-2-1-3-5-24)38(49)52-34-20-45-12-10-23(34)11-13-45;2-1-3/h1-5,8-9,14-15,18-19,22-23,27,34-35,39,44H,6-7,10-13,16-17,20-21H2,(H,47,48);1H,(H,2,3)/t27-,34-,35?;/m0./s1. The number of pyridine rings is 1. The molecule has 3 aliphatic heterocycles. The van der Waals surface area contributed by atoms with E-state index in [0.717, 1.165) is 62.5 Å². The van der Waals surface area contributed by atoms with Gasteiger partial charge in [0.15, 0.2) is 23.9 Å². The normalized spacial score (nSPS) is 19.6. The number of nitrogens with zero attached hydrogens (tertiary/aromatic N) is 2. The molecular formula is C40H41Cl2F2N3O9S. The van der Waals surface area contributed by atoms with Gasteiger partial charge >= 0.3 is 18.6 Å². The van der Waals surface area contributed by atoms with Crippen LogP contribution in [0.25, 0.3) is 0 Å². The summed E-state index contributed by atoms with van der Waals surface area (Å²) in [7, 11) is 0. The molecule has 3 saturated heterocycles. The van der Waals surface area contributed by atoms with Crippen molar-refractivity contribution < 1.29 is 52.3 Å². The lowest BCUT2D eigenvalue weighted by atomic mass is 9.85. The van der Waals surface area contributed by atoms with E-state index in [2.05, 4.69) is 10.2 Å². The summed E-state index contributed by atoms with van der Waals surface area (Å²) in [5, 5.41) is 33.0. The van der Waals surface area contributed by atoms with Crippen molar-refractivity contribution in [2.24, 2.45) is 11.8 Å². The number of carbonyl (C=O) groups excluding carboxylic acids is 1. The minimum absolute atomic E-state index is 0.0262. The highest BCUT2D eigenvalue weighted by Gasteiger charge is 2.38. The summed E-state index contributed by atoms with van der Waals surface area (Å²) in [5.41, 5.74) is 2.03. The lowest BCUT2D eigenvalue weighted by molar-refractivity contribution is -0.605. The van der Waals surface area contributed by atoms with E-state index in [1.165, 1.54) is 6.07 Å². The number of rotatable bonds is 16. The Morgan fingerprint density at radius 2 is 1.70 bits per heavy atom. The third-order valence-electron chi connectivity index (χ3n) is 10.3. The predicted molar refractivity (Wildman–Crippen MR) is 207 cm³/mol. The second-order valence-corrected chi connectivity index (χ2v) is 16.1. The maximum absolute atomic E-state index is 13.8. The Bertz CT molecular complexity index is 2010. The number of carbonyl (C=O) groups is 3. The van der Waals surface area contributed by atoms with Crippen LogP contribution in [-0.2, 0) is 27.3 Å². The molecule has 0 amide bonds. The molecule has 2 aromatic heterocycles. The zero-order chi connectivity index (χ0) is 40.6. The Kier molecular flexibility index (Phi) is 14.2. The molecule has 57 heavy (non-hydrogen) atoms. The van der Waals surface area contributed by atoms with Crippen LogP contribution in [0.15, 0.2) is 67.0 Å². The van der Waals surface area contributed by atoms with E-state index in [1.54, 1.807) is 18.2 Å². The van der Waals surface area contributed by atoms with Crippen LogP contribution in [0.4, 0.5) is 8.78 Å². The number of fused-ring (bicyclic) bond motifs is 3. The zero-order valence-electron chi connectivity index (χ0n) is 30.5. The molecule has 4 fully saturated rings. The minimum Gasteiger partial charge on any atom is -0.619 e. The maximum atomic E-state index is 13.8. The quantitative estimate of drug-likeness (QED) is 0.0449. The third kappa shape index (κ3) is 10.9. The molecule has 17 heteroatoms. The maximum Gasteiger partial charge on any atom is 0.387 e. The number of hydrogen-bond acceptors (Lipinski definition) is 10. The van der Waals surface area contributed by atoms with E-state index in [0.29, 0.717) is 56.8 Å². The molecule has 4 aromatic rings. The SMILES string of the molecule is O=C(O)c1sc(CNC(C(=O)O[C@H]2CN3CCC2CC3)c2ccccc2)cc1[C@@H](Cc1c(Cl)c[n+]([O-])cc1Cl)c1ccc(OC(F)F)c(OCC2CC2)c1.O=CO. The van der Waals surface area contributed by atoms with Crippen molar-refractivity contribution in [3.8, 4) is 11.5 Å². The van der Waals surface area contributed by atoms with Gasteiger partial charge in [-0.3, -0.25) is 15.0 Å². The Morgan fingerprint density at radius 1 is 1.02 bits per heavy atom. The number of hydrogen-bond donors (Lipinski definition) is 3. The van der Waals surface area contributed by atoms with Crippen LogP contribution in [0, 0.1) is 17.0 Å². The average Bonchev–Trinajstić information content (AvgIpc) is 3.92. The Morgan fingerprint density at radius 3 is 2.30 bits per heavy atom. The number of aromatic carboxylic acids is 1. The van der Waals surface area contributed by atoms with Crippen molar-refractivity contribution in [1.82, 2.24) is 10.2 Å². The van der Waals surface area contributed by atoms with Gasteiger partial charge in [0.25, 0.3) is 6.47 Å². The molecule has 5 heterocycles. The van der Waals surface area contributed by atoms with E-state index in [1.807, 2.05) is 30.3 Å². The van der Waals surface area contributed by atoms with Crippen molar-refractivity contribution in [2.75, 3.05) is 26.2 Å². The molecule has 3 atom stereocenters. The van der Waals surface area contributed by atoms with Crippen LogP contribution in [-0.4, -0.2) is 72.5 Å². The Hall–Kier alpha value is -4.54. The van der Waals surface area contributed by atoms with Crippen LogP contribution < -0.4 is 19.5 Å². The number of carboxylic acid groups (broad SMARTS) is 2. The number of nitrogens with one attached hydrogen (secondary N) is 1. The summed E-state index contributed by atoms with van der Waals surface area (Å²) in [4.78, 5) is 38.0. The number of benzene rings is 2. The number of halogens is 4. The van der Waals surface area contributed by atoms with Crippen molar-refractivity contribution in [3.63, 3.8) is 0 Å². The molecule has 8 rings (SSSR count). The topological polar surface area (TPSA) is 162 Å². The number of alkyl halides is 2. The number of esters is 1. The lowest BCUT2D eigenvalue weighted by Crippen LogP contribution is -2.52. The Labute approximate surface area is 341 Å². The second-order valence-electron chi connectivity index (χ2n) is 14.1. The average molecular weight is 849 g/mol. The van der Waals surface area contributed by atoms with Crippen molar-refractivity contribution in [2.45, 2.75) is 63.3 Å². The summed E-state index contributed by atoms with van der Waals surface area (Å²) in [6.45, 7) is -0.164. The number of piperidine rings is 3. The molecule has 1 saturated carbocycles. The van der Waals surface area contributed by atoms with Gasteiger partial charge in [-0.15, -0.1) is 11.3 Å². The number of carboxylic acids is 1. The van der Waals surface area contributed by atoms with Gasteiger partial charge in [-0.1, -0.05) is 59.6 Å². The number of ether oxygens (including phenoxy) is 3. The molecule has 12 nitrogen and oxygen atoms in total. The molecule has 2 bridgehead atoms. The van der Waals surface area contributed by atoms with Crippen molar-refractivity contribution in [1.29, 1.82) is 0 Å². The number of aromatic nitrogens is 1. The monoisotopic (exact) mass is 847 g/mol. The van der Waals surface area contributed by atoms with Crippen molar-refractivity contribution >= 4 is 52.9 Å². The van der Waals surface area contributed by atoms with Gasteiger partial charge in [0.2, 0.25) is 0 Å². The molecule has 304 valence electrons. The van der Waals surface area contributed by atoms with Crippen LogP contribution in [0.2, 0.25) is 10.0 Å². The summed E-state index contributed by atoms with van der Waals surface area (Å²) in [5.74, 6) is -1.75. The van der Waals surface area contributed by atoms with E-state index < -0.39 is 30.5 Å². The largest absolute Gasteiger partial charge is 0.619 e. The second kappa shape index (κ2) is 19.3. The van der Waals surface area contributed by atoms with Gasteiger partial charge in [0, 0.05) is 29.4 Å². The molecule has 2 aromatic carbocycles. The first-order valence-corrected chi connectivity index (χ1v) is 19.9. The first kappa shape index (κ1) is 42.1. The zero-order valence-corrected chi connectivity index (χ0v) is 32.9. The van der Waals surface area contributed by atoms with Gasteiger partial charge in [0.05, 0.1) is 6.61 Å². The molecule has 1 aliphatic carbocycles. The highest BCUT2D eigenvalue weighted by Crippen LogP contribution is 2.42. The van der Waals surface area contributed by atoms with E-state index in [4.69, 9.17) is 47.3 Å². The van der Waals surface area contributed by atoms with Gasteiger partial charge in [-0.05, 0) is 91.9 Å². The number of thiophene rings is 1. The smallest absolute Gasteiger partial charge is 0.387 e. The predicted octanol–water partition coefficient (Wildman–Crippen LogP) is 7.32. The molecule has 1 unspecified atom stereocenters. The molecular weight excluding hydrogens is 807 g/mol. The first-order chi connectivity index (χ1) is 27.4. The van der Waals surface area contributed by atoms with E-state index >= 15 is 0 Å².